The Morgan fingerprint density at radius 1 is 0.974 bits per heavy atom. The predicted molar refractivity (Wildman–Crippen MR) is 141 cm³/mol. The molecule has 2 aliphatic heterocycles. The van der Waals surface area contributed by atoms with Crippen molar-refractivity contribution in [2.45, 2.75) is 37.8 Å². The van der Waals surface area contributed by atoms with E-state index < -0.39 is 0 Å². The number of amides is 1. The van der Waals surface area contributed by atoms with E-state index in [0.717, 1.165) is 50.2 Å². The Bertz CT molecular complexity index is 1230. The molecule has 3 fully saturated rings. The van der Waals surface area contributed by atoms with Crippen LogP contribution >= 0.6 is 0 Å². The van der Waals surface area contributed by atoms with Gasteiger partial charge in [0, 0.05) is 50.7 Å². The van der Waals surface area contributed by atoms with E-state index in [1.165, 1.54) is 0 Å². The SMILES string of the molecule is O=C(COc1cnc(NC2CCC(Oc3nc(N4CCOCC4)cc4nccn34)CC2)nc1)N1CCOCC1. The number of ether oxygens (including phenoxy) is 4. The summed E-state index contributed by atoms with van der Waals surface area (Å²) >= 11 is 0. The zero-order valence-electron chi connectivity index (χ0n) is 21.9. The Balaban J connectivity index is 0.987. The van der Waals surface area contributed by atoms with Gasteiger partial charge < -0.3 is 34.1 Å². The summed E-state index contributed by atoms with van der Waals surface area (Å²) in [5.41, 5.74) is 0.826. The fourth-order valence-electron chi connectivity index (χ4n) is 5.09. The molecule has 1 saturated carbocycles. The summed E-state index contributed by atoms with van der Waals surface area (Å²) in [7, 11) is 0. The molecule has 5 heterocycles. The number of carbonyl (C=O) groups is 1. The molecule has 208 valence electrons. The molecule has 6 rings (SSSR count). The average molecular weight is 539 g/mol. The number of hydrogen-bond acceptors (Lipinski definition) is 11. The third-order valence-corrected chi connectivity index (χ3v) is 7.31. The van der Waals surface area contributed by atoms with E-state index in [0.29, 0.717) is 57.2 Å². The van der Waals surface area contributed by atoms with Gasteiger partial charge >= 0.3 is 6.01 Å². The fourth-order valence-corrected chi connectivity index (χ4v) is 5.09. The molecule has 3 aliphatic rings. The van der Waals surface area contributed by atoms with Crippen molar-refractivity contribution < 1.29 is 23.7 Å². The molecular formula is C26H34N8O5. The number of hydrogen-bond donors (Lipinski definition) is 1. The van der Waals surface area contributed by atoms with E-state index in [-0.39, 0.29) is 24.7 Å². The van der Waals surface area contributed by atoms with Crippen LogP contribution in [-0.4, -0.2) is 107 Å². The van der Waals surface area contributed by atoms with E-state index in [9.17, 15) is 4.79 Å². The van der Waals surface area contributed by atoms with Gasteiger partial charge in [0.25, 0.3) is 5.91 Å². The summed E-state index contributed by atoms with van der Waals surface area (Å²) in [5.74, 6) is 1.83. The van der Waals surface area contributed by atoms with Crippen LogP contribution in [0.5, 0.6) is 11.8 Å². The molecule has 1 aliphatic carbocycles. The smallest absolute Gasteiger partial charge is 0.304 e. The number of fused-ring (bicyclic) bond motifs is 1. The fraction of sp³-hybridized carbons (Fsp3) is 0.577. The lowest BCUT2D eigenvalue weighted by Crippen LogP contribution is -2.43. The highest BCUT2D eigenvalue weighted by Gasteiger charge is 2.25. The summed E-state index contributed by atoms with van der Waals surface area (Å²) < 4.78 is 24.7. The zero-order valence-corrected chi connectivity index (χ0v) is 21.9. The first-order valence-corrected chi connectivity index (χ1v) is 13.6. The van der Waals surface area contributed by atoms with Crippen molar-refractivity contribution in [3.05, 3.63) is 30.9 Å². The Morgan fingerprint density at radius 2 is 1.69 bits per heavy atom. The Kier molecular flexibility index (Phi) is 7.86. The number of anilines is 2. The molecule has 0 atom stereocenters. The molecule has 0 aromatic carbocycles. The first kappa shape index (κ1) is 25.6. The summed E-state index contributed by atoms with van der Waals surface area (Å²) in [6.45, 7) is 5.30. The highest BCUT2D eigenvalue weighted by molar-refractivity contribution is 5.77. The van der Waals surface area contributed by atoms with Gasteiger partial charge in [-0.3, -0.25) is 9.20 Å². The van der Waals surface area contributed by atoms with Gasteiger partial charge in [-0.25, -0.2) is 15.0 Å². The van der Waals surface area contributed by atoms with Crippen LogP contribution in [-0.2, 0) is 14.3 Å². The van der Waals surface area contributed by atoms with Crippen LogP contribution in [0.4, 0.5) is 11.8 Å². The lowest BCUT2D eigenvalue weighted by atomic mass is 9.93. The molecule has 3 aromatic rings. The van der Waals surface area contributed by atoms with Crippen LogP contribution in [0.15, 0.2) is 30.9 Å². The number of nitrogens with one attached hydrogen (secondary N) is 1. The lowest BCUT2D eigenvalue weighted by Gasteiger charge is -2.30. The topological polar surface area (TPSA) is 128 Å². The van der Waals surface area contributed by atoms with Crippen LogP contribution in [0.25, 0.3) is 5.65 Å². The molecule has 2 saturated heterocycles. The molecule has 0 unspecified atom stereocenters. The molecule has 3 aromatic heterocycles. The molecule has 0 bridgehead atoms. The summed E-state index contributed by atoms with van der Waals surface area (Å²) in [5, 5.41) is 3.41. The molecule has 13 heteroatoms. The Morgan fingerprint density at radius 3 is 2.44 bits per heavy atom. The van der Waals surface area contributed by atoms with Gasteiger partial charge in [-0.15, -0.1) is 0 Å². The number of rotatable bonds is 8. The maximum atomic E-state index is 12.2. The predicted octanol–water partition coefficient (Wildman–Crippen LogP) is 1.40. The second-order valence-corrected chi connectivity index (χ2v) is 9.91. The first-order valence-electron chi connectivity index (χ1n) is 13.6. The maximum Gasteiger partial charge on any atom is 0.304 e. The normalized spacial score (nSPS) is 22.1. The number of carbonyl (C=O) groups excluding carboxylic acids is 1. The van der Waals surface area contributed by atoms with Gasteiger partial charge in [-0.2, -0.15) is 4.98 Å². The summed E-state index contributed by atoms with van der Waals surface area (Å²) in [6.07, 6.45) is 10.6. The van der Waals surface area contributed by atoms with Crippen molar-refractivity contribution in [1.29, 1.82) is 0 Å². The second kappa shape index (κ2) is 12.0. The Labute approximate surface area is 226 Å². The van der Waals surface area contributed by atoms with E-state index in [2.05, 4.69) is 25.2 Å². The standard InChI is InChI=1S/C26H34N8O5/c35-24(33-9-13-37-14-10-33)18-38-21-16-28-25(29-17-21)30-19-1-3-20(4-2-19)39-26-31-23(32-7-11-36-12-8-32)15-22-27-5-6-34(22)26/h5-6,15-17,19-20H,1-4,7-14,18H2,(H,28,29,30). The molecule has 0 spiro atoms. The van der Waals surface area contributed by atoms with E-state index >= 15 is 0 Å². The molecule has 1 amide bonds. The third kappa shape index (κ3) is 6.31. The number of aromatic nitrogens is 5. The van der Waals surface area contributed by atoms with Crippen molar-refractivity contribution in [2.24, 2.45) is 0 Å². The van der Waals surface area contributed by atoms with Crippen molar-refractivity contribution in [3.8, 4) is 11.8 Å². The van der Waals surface area contributed by atoms with Gasteiger partial charge in [0.1, 0.15) is 17.6 Å². The van der Waals surface area contributed by atoms with Crippen molar-refractivity contribution in [1.82, 2.24) is 29.2 Å². The van der Waals surface area contributed by atoms with E-state index in [1.54, 1.807) is 23.5 Å². The van der Waals surface area contributed by atoms with Gasteiger partial charge in [0.2, 0.25) is 5.95 Å². The second-order valence-electron chi connectivity index (χ2n) is 9.91. The van der Waals surface area contributed by atoms with Crippen LogP contribution < -0.4 is 19.7 Å². The highest BCUT2D eigenvalue weighted by Crippen LogP contribution is 2.27. The van der Waals surface area contributed by atoms with Crippen LogP contribution in [0.2, 0.25) is 0 Å². The lowest BCUT2D eigenvalue weighted by molar-refractivity contribution is -0.137. The molecule has 39 heavy (non-hydrogen) atoms. The van der Waals surface area contributed by atoms with Gasteiger partial charge in [0.05, 0.1) is 38.8 Å². The van der Waals surface area contributed by atoms with Crippen LogP contribution in [0.1, 0.15) is 25.7 Å². The Hall–Kier alpha value is -3.71. The van der Waals surface area contributed by atoms with Crippen molar-refractivity contribution in [2.75, 3.05) is 69.4 Å². The summed E-state index contributed by atoms with van der Waals surface area (Å²) in [4.78, 5) is 34.3. The molecule has 1 N–H and O–H groups in total. The monoisotopic (exact) mass is 538 g/mol. The van der Waals surface area contributed by atoms with Gasteiger partial charge in [0.15, 0.2) is 12.4 Å². The minimum Gasteiger partial charge on any atom is -0.481 e. The molecule has 0 radical (unpaired) electrons. The zero-order chi connectivity index (χ0) is 26.4. The van der Waals surface area contributed by atoms with E-state index in [4.69, 9.17) is 23.9 Å². The molecular weight excluding hydrogens is 504 g/mol. The minimum absolute atomic E-state index is 0.0320. The first-order chi connectivity index (χ1) is 19.2. The minimum atomic E-state index is -0.0590. The molecule has 13 nitrogen and oxygen atoms in total. The third-order valence-electron chi connectivity index (χ3n) is 7.31. The highest BCUT2D eigenvalue weighted by atomic mass is 16.5. The van der Waals surface area contributed by atoms with Crippen LogP contribution in [0.3, 0.4) is 0 Å². The number of nitrogens with zero attached hydrogens (tertiary/aromatic N) is 7. The van der Waals surface area contributed by atoms with Gasteiger partial charge in [-0.1, -0.05) is 0 Å². The number of morpholine rings is 2. The quantitative estimate of drug-likeness (QED) is 0.447. The van der Waals surface area contributed by atoms with Gasteiger partial charge in [-0.05, 0) is 25.7 Å². The maximum absolute atomic E-state index is 12.2. The van der Waals surface area contributed by atoms with Crippen molar-refractivity contribution in [3.63, 3.8) is 0 Å². The summed E-state index contributed by atoms with van der Waals surface area (Å²) in [6, 6.07) is 2.83. The number of imidazole rings is 1. The van der Waals surface area contributed by atoms with E-state index in [1.807, 2.05) is 16.7 Å². The largest absolute Gasteiger partial charge is 0.481 e. The average Bonchev–Trinajstić information content (AvgIpc) is 3.48. The van der Waals surface area contributed by atoms with Crippen molar-refractivity contribution >= 4 is 23.3 Å². The van der Waals surface area contributed by atoms with Crippen LogP contribution in [0, 0.1) is 0 Å².